The Bertz CT molecular complexity index is 419. The summed E-state index contributed by atoms with van der Waals surface area (Å²) in [6, 6.07) is 5.39. The molecule has 0 heterocycles. The van der Waals surface area contributed by atoms with Crippen LogP contribution in [0.4, 0.5) is 10.5 Å². The lowest BCUT2D eigenvalue weighted by molar-refractivity contribution is -0.384. The maximum Gasteiger partial charge on any atom is 0.513 e. The zero-order chi connectivity index (χ0) is 13.4. The summed E-state index contributed by atoms with van der Waals surface area (Å²) in [6.45, 7) is 2.34. The summed E-state index contributed by atoms with van der Waals surface area (Å²) < 4.78 is 9.64. The molecular weight excluding hydrogens is 238 g/mol. The molecule has 0 spiro atoms. The fraction of sp³-hybridized carbons (Fsp3) is 0.417. The largest absolute Gasteiger partial charge is 0.513 e. The molecule has 0 aliphatic rings. The van der Waals surface area contributed by atoms with Gasteiger partial charge in [-0.3, -0.25) is 10.1 Å². The first kappa shape index (κ1) is 14.0. The van der Waals surface area contributed by atoms with Gasteiger partial charge in [0, 0.05) is 6.07 Å². The molecule has 0 radical (unpaired) electrons. The van der Waals surface area contributed by atoms with Gasteiger partial charge in [0.2, 0.25) is 0 Å². The SMILES string of the molecule is CCCCCOC(=O)Oc1cccc([N+](=O)[O-])c1. The number of rotatable bonds is 6. The van der Waals surface area contributed by atoms with E-state index in [0.29, 0.717) is 6.61 Å². The number of nitrogens with zero attached hydrogens (tertiary/aromatic N) is 1. The monoisotopic (exact) mass is 253 g/mol. The molecule has 0 aromatic heterocycles. The van der Waals surface area contributed by atoms with Crippen LogP contribution in [-0.2, 0) is 4.74 Å². The van der Waals surface area contributed by atoms with Crippen LogP contribution in [0.5, 0.6) is 5.75 Å². The second kappa shape index (κ2) is 7.26. The molecular formula is C12H15NO5. The summed E-state index contributed by atoms with van der Waals surface area (Å²) in [6.07, 6.45) is 1.94. The van der Waals surface area contributed by atoms with Crippen molar-refractivity contribution >= 4 is 11.8 Å². The predicted octanol–water partition coefficient (Wildman–Crippen LogP) is 3.30. The van der Waals surface area contributed by atoms with E-state index in [4.69, 9.17) is 9.47 Å². The lowest BCUT2D eigenvalue weighted by Crippen LogP contribution is -2.11. The number of hydrogen-bond donors (Lipinski definition) is 0. The highest BCUT2D eigenvalue weighted by Crippen LogP contribution is 2.19. The quantitative estimate of drug-likeness (QED) is 0.255. The molecule has 0 saturated heterocycles. The molecule has 6 heteroatoms. The van der Waals surface area contributed by atoms with Gasteiger partial charge in [0.25, 0.3) is 5.69 Å². The lowest BCUT2D eigenvalue weighted by atomic mass is 10.3. The minimum absolute atomic E-state index is 0.102. The van der Waals surface area contributed by atoms with Gasteiger partial charge in [-0.05, 0) is 12.5 Å². The fourth-order valence-corrected chi connectivity index (χ4v) is 1.29. The number of nitro groups is 1. The van der Waals surface area contributed by atoms with Gasteiger partial charge in [-0.15, -0.1) is 0 Å². The zero-order valence-corrected chi connectivity index (χ0v) is 10.1. The summed E-state index contributed by atoms with van der Waals surface area (Å²) in [4.78, 5) is 21.2. The molecule has 0 N–H and O–H groups in total. The number of carbonyl (C=O) groups is 1. The number of hydrogen-bond acceptors (Lipinski definition) is 5. The van der Waals surface area contributed by atoms with Crippen molar-refractivity contribution in [3.63, 3.8) is 0 Å². The Morgan fingerprint density at radius 3 is 2.83 bits per heavy atom. The highest BCUT2D eigenvalue weighted by molar-refractivity contribution is 5.64. The van der Waals surface area contributed by atoms with Gasteiger partial charge in [-0.2, -0.15) is 0 Å². The predicted molar refractivity (Wildman–Crippen MR) is 64.6 cm³/mol. The van der Waals surface area contributed by atoms with Crippen LogP contribution < -0.4 is 4.74 Å². The Balaban J connectivity index is 2.44. The Kier molecular flexibility index (Phi) is 5.63. The summed E-state index contributed by atoms with van der Waals surface area (Å²) in [5.41, 5.74) is -0.133. The number of nitro benzene ring substituents is 1. The first-order valence-corrected chi connectivity index (χ1v) is 5.72. The molecule has 0 unspecified atom stereocenters. The van der Waals surface area contributed by atoms with Crippen molar-refractivity contribution in [1.29, 1.82) is 0 Å². The van der Waals surface area contributed by atoms with E-state index in [1.165, 1.54) is 24.3 Å². The average molecular weight is 253 g/mol. The van der Waals surface area contributed by atoms with Crippen molar-refractivity contribution in [2.24, 2.45) is 0 Å². The number of unbranched alkanes of at least 4 members (excludes halogenated alkanes) is 2. The van der Waals surface area contributed by atoms with Crippen molar-refractivity contribution in [3.8, 4) is 5.75 Å². The molecule has 1 aromatic carbocycles. The van der Waals surface area contributed by atoms with Gasteiger partial charge in [-0.25, -0.2) is 4.79 Å². The average Bonchev–Trinajstić information content (AvgIpc) is 2.35. The first-order valence-electron chi connectivity index (χ1n) is 5.72. The normalized spacial score (nSPS) is 9.83. The van der Waals surface area contributed by atoms with Gasteiger partial charge in [0.15, 0.2) is 0 Å². The highest BCUT2D eigenvalue weighted by atomic mass is 16.7. The molecule has 18 heavy (non-hydrogen) atoms. The van der Waals surface area contributed by atoms with Gasteiger partial charge in [0.1, 0.15) is 5.75 Å². The topological polar surface area (TPSA) is 78.7 Å². The Labute approximate surface area is 105 Å². The number of benzene rings is 1. The Morgan fingerprint density at radius 2 is 2.17 bits per heavy atom. The van der Waals surface area contributed by atoms with E-state index >= 15 is 0 Å². The van der Waals surface area contributed by atoms with Crippen molar-refractivity contribution in [1.82, 2.24) is 0 Å². The zero-order valence-electron chi connectivity index (χ0n) is 10.1. The van der Waals surface area contributed by atoms with Crippen LogP contribution in [0.3, 0.4) is 0 Å². The summed E-state index contributed by atoms with van der Waals surface area (Å²) in [5.74, 6) is 0.102. The van der Waals surface area contributed by atoms with Crippen molar-refractivity contribution < 1.29 is 19.2 Å². The smallest absolute Gasteiger partial charge is 0.434 e. The second-order valence-corrected chi connectivity index (χ2v) is 3.66. The standard InChI is InChI=1S/C12H15NO5/c1-2-3-4-8-17-12(14)18-11-7-5-6-10(9-11)13(15)16/h5-7,9H,2-4,8H2,1H3. The third kappa shape index (κ3) is 4.82. The van der Waals surface area contributed by atoms with Crippen LogP contribution >= 0.6 is 0 Å². The third-order valence-corrected chi connectivity index (χ3v) is 2.20. The number of ether oxygens (including phenoxy) is 2. The van der Waals surface area contributed by atoms with Crippen LogP contribution in [0.1, 0.15) is 26.2 Å². The minimum atomic E-state index is -0.841. The van der Waals surface area contributed by atoms with Crippen LogP contribution in [0.2, 0.25) is 0 Å². The highest BCUT2D eigenvalue weighted by Gasteiger charge is 2.10. The molecule has 1 aromatic rings. The van der Waals surface area contributed by atoms with Crippen molar-refractivity contribution in [2.45, 2.75) is 26.2 Å². The minimum Gasteiger partial charge on any atom is -0.434 e. The summed E-state index contributed by atoms with van der Waals surface area (Å²) in [7, 11) is 0. The van der Waals surface area contributed by atoms with Gasteiger partial charge < -0.3 is 9.47 Å². The second-order valence-electron chi connectivity index (χ2n) is 3.66. The summed E-state index contributed by atoms with van der Waals surface area (Å²) in [5, 5.41) is 10.5. The maximum atomic E-state index is 11.2. The Morgan fingerprint density at radius 1 is 1.39 bits per heavy atom. The molecule has 0 amide bonds. The van der Waals surface area contributed by atoms with Crippen LogP contribution in [0, 0.1) is 10.1 Å². The van der Waals surface area contributed by atoms with Crippen LogP contribution in [0.15, 0.2) is 24.3 Å². The fourth-order valence-electron chi connectivity index (χ4n) is 1.29. The van der Waals surface area contributed by atoms with E-state index in [0.717, 1.165) is 19.3 Å². The van der Waals surface area contributed by atoms with Gasteiger partial charge >= 0.3 is 6.16 Å². The van der Waals surface area contributed by atoms with Crippen molar-refractivity contribution in [3.05, 3.63) is 34.4 Å². The van der Waals surface area contributed by atoms with Gasteiger partial charge in [-0.1, -0.05) is 25.8 Å². The lowest BCUT2D eigenvalue weighted by Gasteiger charge is -2.05. The first-order chi connectivity index (χ1) is 8.63. The van der Waals surface area contributed by atoms with E-state index in [9.17, 15) is 14.9 Å². The molecule has 98 valence electrons. The van der Waals surface area contributed by atoms with Gasteiger partial charge in [0.05, 0.1) is 17.6 Å². The van der Waals surface area contributed by atoms with E-state index in [1.807, 2.05) is 6.92 Å². The third-order valence-electron chi connectivity index (χ3n) is 2.20. The van der Waals surface area contributed by atoms with Crippen LogP contribution in [-0.4, -0.2) is 17.7 Å². The molecule has 0 bridgehead atoms. The van der Waals surface area contributed by atoms with E-state index in [1.54, 1.807) is 0 Å². The van der Waals surface area contributed by atoms with E-state index in [2.05, 4.69) is 0 Å². The van der Waals surface area contributed by atoms with E-state index < -0.39 is 11.1 Å². The molecule has 0 aliphatic carbocycles. The van der Waals surface area contributed by atoms with E-state index in [-0.39, 0.29) is 11.4 Å². The molecule has 6 nitrogen and oxygen atoms in total. The molecule has 0 aliphatic heterocycles. The molecule has 0 atom stereocenters. The maximum absolute atomic E-state index is 11.2. The molecule has 1 rings (SSSR count). The molecule has 0 fully saturated rings. The Hall–Kier alpha value is -2.11. The van der Waals surface area contributed by atoms with Crippen molar-refractivity contribution in [2.75, 3.05) is 6.61 Å². The summed E-state index contributed by atoms with van der Waals surface area (Å²) >= 11 is 0. The number of non-ortho nitro benzene ring substituents is 1. The molecule has 0 saturated carbocycles. The number of carbonyl (C=O) groups excluding carboxylic acids is 1. The van der Waals surface area contributed by atoms with Crippen LogP contribution in [0.25, 0.3) is 0 Å².